The van der Waals surface area contributed by atoms with E-state index in [0.29, 0.717) is 28.9 Å². The Morgan fingerprint density at radius 1 is 1.38 bits per heavy atom. The van der Waals surface area contributed by atoms with Crippen molar-refractivity contribution in [3.63, 3.8) is 0 Å². The molecule has 1 aliphatic rings. The zero-order chi connectivity index (χ0) is 15.5. The van der Waals surface area contributed by atoms with Crippen LogP contribution in [-0.2, 0) is 10.9 Å². The molecular weight excluding hydrogens is 347 g/mol. The molecule has 0 fully saturated rings. The molecule has 6 heteroatoms. The summed E-state index contributed by atoms with van der Waals surface area (Å²) in [5, 5.41) is 3.26. The van der Waals surface area contributed by atoms with Crippen LogP contribution < -0.4 is 5.32 Å². The van der Waals surface area contributed by atoms with Crippen molar-refractivity contribution in [2.45, 2.75) is 32.0 Å². The third kappa shape index (κ3) is 4.01. The molecule has 0 aliphatic carbocycles. The molecule has 21 heavy (non-hydrogen) atoms. The van der Waals surface area contributed by atoms with Crippen LogP contribution in [0.4, 0.5) is 13.2 Å². The van der Waals surface area contributed by atoms with E-state index in [9.17, 15) is 13.2 Å². The van der Waals surface area contributed by atoms with Crippen LogP contribution in [0.1, 0.15) is 36.9 Å². The number of rotatable bonds is 5. The normalized spacial score (nSPS) is 16.5. The Bertz CT molecular complexity index is 528. The summed E-state index contributed by atoms with van der Waals surface area (Å²) in [5.74, 6) is 0.698. The molecule has 2 rings (SSSR count). The van der Waals surface area contributed by atoms with Gasteiger partial charge in [0.2, 0.25) is 0 Å². The molecule has 1 atom stereocenters. The van der Waals surface area contributed by atoms with Gasteiger partial charge in [0.05, 0.1) is 18.2 Å². The third-order valence-electron chi connectivity index (χ3n) is 3.25. The molecule has 1 aliphatic heterocycles. The van der Waals surface area contributed by atoms with Crippen LogP contribution in [0.5, 0.6) is 0 Å². The van der Waals surface area contributed by atoms with Crippen LogP contribution in [0.3, 0.4) is 0 Å². The highest BCUT2D eigenvalue weighted by Crippen LogP contribution is 2.36. The van der Waals surface area contributed by atoms with E-state index in [1.807, 2.05) is 13.0 Å². The van der Waals surface area contributed by atoms with Gasteiger partial charge in [-0.2, -0.15) is 13.2 Å². The molecule has 0 saturated heterocycles. The first kappa shape index (κ1) is 16.4. The van der Waals surface area contributed by atoms with Crippen LogP contribution >= 0.6 is 15.9 Å². The predicted octanol–water partition coefficient (Wildman–Crippen LogP) is 4.81. The minimum absolute atomic E-state index is 0.357. The number of nitrogens with one attached hydrogen (secondary N) is 1. The standard InChI is InChI=1S/C15H17BrF3NO/c1-2-7-20-14(13-4-3-8-21-13)11-9-10(15(17,18)19)5-6-12(11)16/h4-6,9,14,20H,2-3,7-8H2,1H3. The van der Waals surface area contributed by atoms with E-state index in [1.54, 1.807) is 0 Å². The maximum Gasteiger partial charge on any atom is 0.416 e. The smallest absolute Gasteiger partial charge is 0.416 e. The molecular formula is C15H17BrF3NO. The lowest BCUT2D eigenvalue weighted by atomic mass is 10.0. The van der Waals surface area contributed by atoms with E-state index < -0.39 is 11.7 Å². The summed E-state index contributed by atoms with van der Waals surface area (Å²) >= 11 is 3.35. The summed E-state index contributed by atoms with van der Waals surface area (Å²) in [7, 11) is 0. The quantitative estimate of drug-likeness (QED) is 0.810. The number of hydrogen-bond donors (Lipinski definition) is 1. The van der Waals surface area contributed by atoms with E-state index in [2.05, 4.69) is 21.2 Å². The Balaban J connectivity index is 2.38. The number of halogens is 4. The average Bonchev–Trinajstić information content (AvgIpc) is 2.93. The van der Waals surface area contributed by atoms with Gasteiger partial charge in [0.1, 0.15) is 5.76 Å². The van der Waals surface area contributed by atoms with Crippen LogP contribution in [0.25, 0.3) is 0 Å². The van der Waals surface area contributed by atoms with E-state index in [-0.39, 0.29) is 6.04 Å². The van der Waals surface area contributed by atoms with Crippen molar-refractivity contribution in [3.05, 3.63) is 45.6 Å². The number of alkyl halides is 3. The molecule has 0 aromatic heterocycles. The van der Waals surface area contributed by atoms with E-state index in [4.69, 9.17) is 4.74 Å². The fourth-order valence-corrected chi connectivity index (χ4v) is 2.71. The Morgan fingerprint density at radius 2 is 2.14 bits per heavy atom. The van der Waals surface area contributed by atoms with Crippen molar-refractivity contribution in [2.75, 3.05) is 13.2 Å². The highest BCUT2D eigenvalue weighted by molar-refractivity contribution is 9.10. The molecule has 1 N–H and O–H groups in total. The second-order valence-corrected chi connectivity index (χ2v) is 5.72. The topological polar surface area (TPSA) is 21.3 Å². The molecule has 116 valence electrons. The molecule has 0 amide bonds. The summed E-state index contributed by atoms with van der Waals surface area (Å²) in [6, 6.07) is 3.34. The van der Waals surface area contributed by atoms with Gasteiger partial charge >= 0.3 is 6.18 Å². The highest BCUT2D eigenvalue weighted by atomic mass is 79.9. The summed E-state index contributed by atoms with van der Waals surface area (Å²) < 4.78 is 44.9. The summed E-state index contributed by atoms with van der Waals surface area (Å²) in [5.41, 5.74) is -0.103. The lowest BCUT2D eigenvalue weighted by Gasteiger charge is -2.22. The minimum atomic E-state index is -4.35. The first-order chi connectivity index (χ1) is 9.93. The predicted molar refractivity (Wildman–Crippen MR) is 78.8 cm³/mol. The van der Waals surface area contributed by atoms with Crippen molar-refractivity contribution < 1.29 is 17.9 Å². The first-order valence-electron chi connectivity index (χ1n) is 6.86. The molecule has 0 spiro atoms. The van der Waals surface area contributed by atoms with Gasteiger partial charge in [-0.15, -0.1) is 0 Å². The first-order valence-corrected chi connectivity index (χ1v) is 7.65. The van der Waals surface area contributed by atoms with Gasteiger partial charge in [-0.25, -0.2) is 0 Å². The fourth-order valence-electron chi connectivity index (χ4n) is 2.23. The molecule has 2 nitrogen and oxygen atoms in total. The molecule has 1 unspecified atom stereocenters. The molecule has 0 radical (unpaired) electrons. The lowest BCUT2D eigenvalue weighted by molar-refractivity contribution is -0.137. The maximum absolute atomic E-state index is 12.9. The van der Waals surface area contributed by atoms with Crippen molar-refractivity contribution in [1.29, 1.82) is 0 Å². The van der Waals surface area contributed by atoms with Crippen LogP contribution in [0.15, 0.2) is 34.5 Å². The van der Waals surface area contributed by atoms with Gasteiger partial charge in [0, 0.05) is 10.9 Å². The van der Waals surface area contributed by atoms with Crippen molar-refractivity contribution >= 4 is 15.9 Å². The number of ether oxygens (including phenoxy) is 1. The Labute approximate surface area is 130 Å². The molecule has 1 heterocycles. The monoisotopic (exact) mass is 363 g/mol. The zero-order valence-corrected chi connectivity index (χ0v) is 13.2. The molecule has 0 bridgehead atoms. The third-order valence-corrected chi connectivity index (χ3v) is 3.97. The van der Waals surface area contributed by atoms with Gasteiger partial charge < -0.3 is 10.1 Å². The minimum Gasteiger partial charge on any atom is -0.496 e. The second-order valence-electron chi connectivity index (χ2n) is 4.86. The van der Waals surface area contributed by atoms with E-state index in [1.165, 1.54) is 12.1 Å². The Hall–Kier alpha value is -1.01. The molecule has 1 aromatic carbocycles. The van der Waals surface area contributed by atoms with E-state index in [0.717, 1.165) is 18.9 Å². The van der Waals surface area contributed by atoms with Gasteiger partial charge in [0.15, 0.2) is 0 Å². The number of hydrogen-bond acceptors (Lipinski definition) is 2. The lowest BCUT2D eigenvalue weighted by Crippen LogP contribution is -2.25. The van der Waals surface area contributed by atoms with Crippen molar-refractivity contribution in [2.24, 2.45) is 0 Å². The average molecular weight is 364 g/mol. The van der Waals surface area contributed by atoms with Gasteiger partial charge in [-0.3, -0.25) is 0 Å². The maximum atomic E-state index is 12.9. The number of benzene rings is 1. The highest BCUT2D eigenvalue weighted by Gasteiger charge is 2.32. The van der Waals surface area contributed by atoms with Gasteiger partial charge in [-0.1, -0.05) is 22.9 Å². The van der Waals surface area contributed by atoms with Crippen molar-refractivity contribution in [3.8, 4) is 0 Å². The van der Waals surface area contributed by atoms with Gasteiger partial charge in [0.25, 0.3) is 0 Å². The zero-order valence-electron chi connectivity index (χ0n) is 11.6. The second kappa shape index (κ2) is 6.83. The largest absolute Gasteiger partial charge is 0.496 e. The SMILES string of the molecule is CCCNC(C1=CCCO1)c1cc(C(F)(F)F)ccc1Br. The van der Waals surface area contributed by atoms with Gasteiger partial charge in [-0.05, 0) is 42.8 Å². The van der Waals surface area contributed by atoms with Crippen LogP contribution in [-0.4, -0.2) is 13.2 Å². The van der Waals surface area contributed by atoms with Crippen LogP contribution in [0.2, 0.25) is 0 Å². The van der Waals surface area contributed by atoms with E-state index >= 15 is 0 Å². The van der Waals surface area contributed by atoms with Crippen molar-refractivity contribution in [1.82, 2.24) is 5.32 Å². The van der Waals surface area contributed by atoms with Crippen LogP contribution in [0, 0.1) is 0 Å². The molecule has 0 saturated carbocycles. The summed E-state index contributed by atoms with van der Waals surface area (Å²) in [4.78, 5) is 0. The molecule has 1 aromatic rings. The fraction of sp³-hybridized carbons (Fsp3) is 0.467. The Morgan fingerprint density at radius 3 is 2.71 bits per heavy atom. The Kier molecular flexibility index (Phi) is 5.32. The summed E-state index contributed by atoms with van der Waals surface area (Å²) in [6.07, 6.45) is -0.744. The summed E-state index contributed by atoms with van der Waals surface area (Å²) in [6.45, 7) is 3.29.